The van der Waals surface area contributed by atoms with Crippen LogP contribution in [0.25, 0.3) is 11.1 Å². The third-order valence-corrected chi connectivity index (χ3v) is 3.14. The molecule has 1 heterocycles. The summed E-state index contributed by atoms with van der Waals surface area (Å²) in [6.07, 6.45) is 0. The van der Waals surface area contributed by atoms with Gasteiger partial charge < -0.3 is 9.79 Å². The van der Waals surface area contributed by atoms with E-state index in [9.17, 15) is 14.4 Å². The Labute approximate surface area is 92.3 Å². The lowest BCUT2D eigenvalue weighted by Gasteiger charge is -2.04. The highest BCUT2D eigenvalue weighted by atomic mass is 31.2. The molecule has 0 saturated carbocycles. The molecule has 0 aliphatic rings. The second-order valence-electron chi connectivity index (χ2n) is 3.46. The third-order valence-electron chi connectivity index (χ3n) is 2.27. The van der Waals surface area contributed by atoms with Crippen LogP contribution in [0.4, 0.5) is 0 Å². The molecule has 0 atom stereocenters. The molecule has 0 saturated heterocycles. The summed E-state index contributed by atoms with van der Waals surface area (Å²) in [5.41, 5.74) is 1.67. The zero-order chi connectivity index (χ0) is 11.8. The smallest absolute Gasteiger partial charge is 0.320 e. The summed E-state index contributed by atoms with van der Waals surface area (Å²) in [6, 6.07) is 9.04. The quantitative estimate of drug-likeness (QED) is 0.686. The Bertz CT molecular complexity index is 544. The molecule has 1 aromatic carbocycles. The number of hydrogen-bond donors (Lipinski definition) is 3. The van der Waals surface area contributed by atoms with Crippen LogP contribution in [0.5, 0.6) is 0 Å². The predicted octanol–water partition coefficient (Wildman–Crippen LogP) is 1.19. The van der Waals surface area contributed by atoms with Crippen molar-refractivity contribution in [3.8, 4) is 11.1 Å². The van der Waals surface area contributed by atoms with Crippen molar-refractivity contribution in [1.29, 1.82) is 0 Å². The van der Waals surface area contributed by atoms with Crippen molar-refractivity contribution in [3.63, 3.8) is 0 Å². The van der Waals surface area contributed by atoms with Crippen LogP contribution in [0, 0.1) is 6.92 Å². The fraction of sp³-hybridized carbons (Fsp3) is 0.100. The van der Waals surface area contributed by atoms with Gasteiger partial charge in [0.25, 0.3) is 0 Å². The molecule has 0 spiro atoms. The first-order chi connectivity index (χ1) is 7.50. The fourth-order valence-electron chi connectivity index (χ4n) is 1.58. The Morgan fingerprint density at radius 2 is 1.88 bits per heavy atom. The largest absolute Gasteiger partial charge is 0.376 e. The lowest BCUT2D eigenvalue weighted by molar-refractivity contribution is 0.386. The van der Waals surface area contributed by atoms with Gasteiger partial charge in [0.05, 0.1) is 0 Å². The number of aromatic nitrogens is 2. The molecular formula is C10H11N2O3P. The van der Waals surface area contributed by atoms with Gasteiger partial charge >= 0.3 is 7.60 Å². The molecule has 2 rings (SSSR count). The molecule has 1 aromatic heterocycles. The SMILES string of the molecule is Cc1[nH]nc(P(=O)(O)O)c1-c1ccccc1. The zero-order valence-electron chi connectivity index (χ0n) is 8.58. The first-order valence-corrected chi connectivity index (χ1v) is 6.28. The summed E-state index contributed by atoms with van der Waals surface area (Å²) in [5, 5.41) is 6.28. The Kier molecular flexibility index (Phi) is 2.68. The van der Waals surface area contributed by atoms with E-state index in [1.54, 1.807) is 19.1 Å². The van der Waals surface area contributed by atoms with Gasteiger partial charge in [-0.3, -0.25) is 9.66 Å². The molecule has 5 nitrogen and oxygen atoms in total. The highest BCUT2D eigenvalue weighted by Crippen LogP contribution is 2.37. The van der Waals surface area contributed by atoms with Crippen LogP contribution in [0.2, 0.25) is 0 Å². The maximum absolute atomic E-state index is 11.3. The van der Waals surface area contributed by atoms with Crippen molar-refractivity contribution in [1.82, 2.24) is 10.2 Å². The number of rotatable bonds is 2. The standard InChI is InChI=1S/C10H11N2O3P/c1-7-9(8-5-3-2-4-6-8)10(12-11-7)16(13,14)15/h2-6H,1H3,(H,11,12)(H2,13,14,15). The highest BCUT2D eigenvalue weighted by molar-refractivity contribution is 7.60. The second-order valence-corrected chi connectivity index (χ2v) is 4.97. The molecule has 0 fully saturated rings. The van der Waals surface area contributed by atoms with Gasteiger partial charge in [-0.25, -0.2) is 0 Å². The topological polar surface area (TPSA) is 86.2 Å². The second kappa shape index (κ2) is 3.87. The maximum Gasteiger partial charge on any atom is 0.376 e. The molecule has 0 aliphatic carbocycles. The van der Waals surface area contributed by atoms with Crippen LogP contribution in [-0.4, -0.2) is 20.0 Å². The van der Waals surface area contributed by atoms with Gasteiger partial charge in [0.15, 0.2) is 5.44 Å². The van der Waals surface area contributed by atoms with E-state index in [1.165, 1.54) is 0 Å². The molecule has 84 valence electrons. The number of aryl methyl sites for hydroxylation is 1. The number of benzene rings is 1. The lowest BCUT2D eigenvalue weighted by atomic mass is 10.1. The molecule has 16 heavy (non-hydrogen) atoms. The summed E-state index contributed by atoms with van der Waals surface area (Å²) in [5.74, 6) is 0. The van der Waals surface area contributed by atoms with Gasteiger partial charge in [-0.05, 0) is 12.5 Å². The van der Waals surface area contributed by atoms with Crippen LogP contribution in [-0.2, 0) is 4.57 Å². The molecule has 0 bridgehead atoms. The van der Waals surface area contributed by atoms with Gasteiger partial charge in [-0.1, -0.05) is 30.3 Å². The van der Waals surface area contributed by atoms with E-state index < -0.39 is 7.60 Å². The van der Waals surface area contributed by atoms with Crippen molar-refractivity contribution in [3.05, 3.63) is 36.0 Å². The molecule has 0 radical (unpaired) electrons. The van der Waals surface area contributed by atoms with Crippen molar-refractivity contribution in [2.45, 2.75) is 6.92 Å². The van der Waals surface area contributed by atoms with Crippen LogP contribution < -0.4 is 5.44 Å². The van der Waals surface area contributed by atoms with Crippen LogP contribution in [0.15, 0.2) is 30.3 Å². The van der Waals surface area contributed by atoms with Crippen LogP contribution in [0.3, 0.4) is 0 Å². The van der Waals surface area contributed by atoms with Gasteiger partial charge in [-0.2, -0.15) is 5.10 Å². The minimum absolute atomic E-state index is 0.198. The number of hydrogen-bond acceptors (Lipinski definition) is 2. The van der Waals surface area contributed by atoms with E-state index >= 15 is 0 Å². The Morgan fingerprint density at radius 3 is 2.44 bits per heavy atom. The van der Waals surface area contributed by atoms with E-state index in [1.807, 2.05) is 18.2 Å². The van der Waals surface area contributed by atoms with Crippen LogP contribution in [0.1, 0.15) is 5.69 Å². The molecule has 0 amide bonds. The van der Waals surface area contributed by atoms with Crippen molar-refractivity contribution in [2.24, 2.45) is 0 Å². The average Bonchev–Trinajstić information content (AvgIpc) is 2.61. The highest BCUT2D eigenvalue weighted by Gasteiger charge is 2.27. The van der Waals surface area contributed by atoms with Crippen molar-refractivity contribution < 1.29 is 14.4 Å². The minimum Gasteiger partial charge on any atom is -0.320 e. The number of nitrogens with zero attached hydrogens (tertiary/aromatic N) is 1. The van der Waals surface area contributed by atoms with E-state index in [2.05, 4.69) is 10.2 Å². The van der Waals surface area contributed by atoms with Gasteiger partial charge in [0.2, 0.25) is 0 Å². The van der Waals surface area contributed by atoms with E-state index in [-0.39, 0.29) is 5.44 Å². The zero-order valence-corrected chi connectivity index (χ0v) is 9.48. The van der Waals surface area contributed by atoms with E-state index in [4.69, 9.17) is 0 Å². The molecule has 3 N–H and O–H groups in total. The Morgan fingerprint density at radius 1 is 1.25 bits per heavy atom. The Balaban J connectivity index is 2.66. The number of nitrogens with one attached hydrogen (secondary N) is 1. The molecule has 6 heteroatoms. The van der Waals surface area contributed by atoms with E-state index in [0.29, 0.717) is 11.3 Å². The third kappa shape index (κ3) is 1.93. The number of aromatic amines is 1. The van der Waals surface area contributed by atoms with Gasteiger partial charge in [0, 0.05) is 11.3 Å². The molecule has 0 unspecified atom stereocenters. The fourth-order valence-corrected chi connectivity index (χ4v) is 2.35. The van der Waals surface area contributed by atoms with Crippen LogP contribution >= 0.6 is 7.60 Å². The van der Waals surface area contributed by atoms with E-state index in [0.717, 1.165) is 5.56 Å². The lowest BCUT2D eigenvalue weighted by Crippen LogP contribution is -2.08. The first kappa shape index (κ1) is 11.1. The first-order valence-electron chi connectivity index (χ1n) is 4.66. The van der Waals surface area contributed by atoms with Crippen molar-refractivity contribution in [2.75, 3.05) is 0 Å². The summed E-state index contributed by atoms with van der Waals surface area (Å²) in [7, 11) is -4.34. The molecule has 2 aromatic rings. The molecule has 0 aliphatic heterocycles. The average molecular weight is 238 g/mol. The summed E-state index contributed by atoms with van der Waals surface area (Å²) >= 11 is 0. The Hall–Kier alpha value is -1.42. The summed E-state index contributed by atoms with van der Waals surface area (Å²) in [4.78, 5) is 18.3. The minimum atomic E-state index is -4.34. The number of H-pyrrole nitrogens is 1. The summed E-state index contributed by atoms with van der Waals surface area (Å²) < 4.78 is 11.3. The normalized spacial score (nSPS) is 11.7. The predicted molar refractivity (Wildman–Crippen MR) is 60.4 cm³/mol. The van der Waals surface area contributed by atoms with Crippen molar-refractivity contribution >= 4 is 13.0 Å². The van der Waals surface area contributed by atoms with Gasteiger partial charge in [-0.15, -0.1) is 0 Å². The van der Waals surface area contributed by atoms with Gasteiger partial charge in [0.1, 0.15) is 0 Å². The monoisotopic (exact) mass is 238 g/mol. The maximum atomic E-state index is 11.3. The molecular weight excluding hydrogens is 227 g/mol. The summed E-state index contributed by atoms with van der Waals surface area (Å²) in [6.45, 7) is 1.73.